The van der Waals surface area contributed by atoms with E-state index in [1.165, 1.54) is 18.3 Å². The maximum atomic E-state index is 11.9. The van der Waals surface area contributed by atoms with Gasteiger partial charge in [0.15, 0.2) is 0 Å². The van der Waals surface area contributed by atoms with Crippen LogP contribution in [-0.4, -0.2) is 29.4 Å². The maximum absolute atomic E-state index is 11.9. The summed E-state index contributed by atoms with van der Waals surface area (Å²) in [6.45, 7) is 1.55. The fraction of sp³-hybridized carbons (Fsp3) is 0.235. The van der Waals surface area contributed by atoms with Crippen LogP contribution >= 0.6 is 11.3 Å². The fourth-order valence-electron chi connectivity index (χ4n) is 2.10. The highest BCUT2D eigenvalue weighted by Crippen LogP contribution is 2.18. The predicted octanol–water partition coefficient (Wildman–Crippen LogP) is 1.88. The van der Waals surface area contributed by atoms with E-state index in [1.807, 2.05) is 16.8 Å². The van der Waals surface area contributed by atoms with Crippen LogP contribution in [0.1, 0.15) is 25.0 Å². The smallest absolute Gasteiger partial charge is 0.313 e. The van der Waals surface area contributed by atoms with Gasteiger partial charge in [-0.2, -0.15) is 11.3 Å². The Morgan fingerprint density at radius 1 is 1.12 bits per heavy atom. The molecule has 132 valence electrons. The van der Waals surface area contributed by atoms with Crippen molar-refractivity contribution < 1.29 is 19.5 Å². The van der Waals surface area contributed by atoms with E-state index >= 15 is 0 Å². The molecule has 4 N–H and O–H groups in total. The van der Waals surface area contributed by atoms with Crippen molar-refractivity contribution >= 4 is 40.4 Å². The minimum absolute atomic E-state index is 0.176. The number of aliphatic hydroxyl groups is 1. The van der Waals surface area contributed by atoms with Gasteiger partial charge in [-0.3, -0.25) is 14.4 Å². The molecule has 8 heteroatoms. The van der Waals surface area contributed by atoms with E-state index in [9.17, 15) is 19.5 Å². The van der Waals surface area contributed by atoms with Crippen molar-refractivity contribution in [2.24, 2.45) is 0 Å². The Kier molecular flexibility index (Phi) is 6.67. The lowest BCUT2D eigenvalue weighted by Gasteiger charge is -2.10. The van der Waals surface area contributed by atoms with E-state index in [4.69, 9.17) is 0 Å². The maximum Gasteiger partial charge on any atom is 0.313 e. The summed E-state index contributed by atoms with van der Waals surface area (Å²) in [5.41, 5.74) is 1.70. The molecule has 0 spiro atoms. The van der Waals surface area contributed by atoms with E-state index in [0.717, 1.165) is 5.56 Å². The highest BCUT2D eigenvalue weighted by atomic mass is 32.1. The number of rotatable bonds is 6. The molecule has 1 aromatic heterocycles. The van der Waals surface area contributed by atoms with Crippen LogP contribution in [0.3, 0.4) is 0 Å². The predicted molar refractivity (Wildman–Crippen MR) is 96.3 cm³/mol. The third-order valence-electron chi connectivity index (χ3n) is 3.28. The first-order chi connectivity index (χ1) is 12.0. The SMILES string of the molecule is CC(=O)Nc1cccc(NC(=O)C(=O)NCCC(O)c2ccsc2)c1. The van der Waals surface area contributed by atoms with Gasteiger partial charge in [0.1, 0.15) is 0 Å². The van der Waals surface area contributed by atoms with E-state index in [2.05, 4.69) is 16.0 Å². The molecule has 1 unspecified atom stereocenters. The first-order valence-corrected chi connectivity index (χ1v) is 8.57. The second-order valence-electron chi connectivity index (χ2n) is 5.33. The van der Waals surface area contributed by atoms with Crippen molar-refractivity contribution in [2.75, 3.05) is 17.2 Å². The summed E-state index contributed by atoms with van der Waals surface area (Å²) in [4.78, 5) is 34.7. The Bertz CT molecular complexity index is 746. The summed E-state index contributed by atoms with van der Waals surface area (Å²) in [7, 11) is 0. The van der Waals surface area contributed by atoms with E-state index in [-0.39, 0.29) is 12.5 Å². The first kappa shape index (κ1) is 18.6. The van der Waals surface area contributed by atoms with Crippen LogP contribution in [0.2, 0.25) is 0 Å². The number of carbonyl (C=O) groups excluding carboxylic acids is 3. The van der Waals surface area contributed by atoms with Crippen LogP contribution < -0.4 is 16.0 Å². The topological polar surface area (TPSA) is 108 Å². The molecule has 0 aliphatic rings. The van der Waals surface area contributed by atoms with Crippen molar-refractivity contribution in [1.29, 1.82) is 0 Å². The number of aliphatic hydroxyl groups excluding tert-OH is 1. The molecule has 0 aliphatic carbocycles. The Balaban J connectivity index is 1.80. The van der Waals surface area contributed by atoms with Gasteiger partial charge in [0.2, 0.25) is 5.91 Å². The van der Waals surface area contributed by atoms with Gasteiger partial charge in [-0.25, -0.2) is 0 Å². The van der Waals surface area contributed by atoms with Crippen molar-refractivity contribution in [2.45, 2.75) is 19.4 Å². The molecule has 2 rings (SSSR count). The van der Waals surface area contributed by atoms with Crippen LogP contribution in [-0.2, 0) is 14.4 Å². The molecule has 0 radical (unpaired) electrons. The number of thiophene rings is 1. The molecule has 2 aromatic rings. The van der Waals surface area contributed by atoms with Gasteiger partial charge < -0.3 is 21.1 Å². The largest absolute Gasteiger partial charge is 0.388 e. The summed E-state index contributed by atoms with van der Waals surface area (Å²) in [6, 6.07) is 8.29. The molecule has 3 amide bonds. The molecule has 0 aliphatic heterocycles. The summed E-state index contributed by atoms with van der Waals surface area (Å²) in [6.07, 6.45) is -0.364. The van der Waals surface area contributed by atoms with Crippen LogP contribution in [0.5, 0.6) is 0 Å². The molecule has 0 fully saturated rings. The minimum atomic E-state index is -0.815. The first-order valence-electron chi connectivity index (χ1n) is 7.62. The molecule has 1 heterocycles. The average Bonchev–Trinajstić information content (AvgIpc) is 3.08. The number of benzene rings is 1. The third kappa shape index (κ3) is 6.02. The van der Waals surface area contributed by atoms with Crippen LogP contribution in [0, 0.1) is 0 Å². The molecular formula is C17H19N3O4S. The normalized spacial score (nSPS) is 11.4. The highest BCUT2D eigenvalue weighted by Gasteiger charge is 2.15. The number of carbonyl (C=O) groups is 3. The lowest BCUT2D eigenvalue weighted by molar-refractivity contribution is -0.136. The lowest BCUT2D eigenvalue weighted by atomic mass is 10.1. The monoisotopic (exact) mass is 361 g/mol. The Morgan fingerprint density at radius 3 is 2.48 bits per heavy atom. The lowest BCUT2D eigenvalue weighted by Crippen LogP contribution is -2.36. The molecule has 0 saturated heterocycles. The fourth-order valence-corrected chi connectivity index (χ4v) is 2.81. The van der Waals surface area contributed by atoms with Gasteiger partial charge in [0, 0.05) is 24.8 Å². The number of amides is 3. The summed E-state index contributed by atoms with van der Waals surface area (Å²) in [5, 5.41) is 21.1. The molecule has 0 bridgehead atoms. The van der Waals surface area contributed by atoms with Gasteiger partial charge in [-0.1, -0.05) is 6.07 Å². The Hall–Kier alpha value is -2.71. The zero-order chi connectivity index (χ0) is 18.2. The zero-order valence-corrected chi connectivity index (χ0v) is 14.4. The Labute approximate surface area is 149 Å². The summed E-state index contributed by atoms with van der Waals surface area (Å²) < 4.78 is 0. The minimum Gasteiger partial charge on any atom is -0.388 e. The van der Waals surface area contributed by atoms with Gasteiger partial charge in [-0.05, 0) is 47.0 Å². The van der Waals surface area contributed by atoms with Gasteiger partial charge >= 0.3 is 11.8 Å². The van der Waals surface area contributed by atoms with Crippen molar-refractivity contribution in [1.82, 2.24) is 5.32 Å². The van der Waals surface area contributed by atoms with Gasteiger partial charge in [0.25, 0.3) is 0 Å². The van der Waals surface area contributed by atoms with Crippen molar-refractivity contribution in [3.63, 3.8) is 0 Å². The second-order valence-corrected chi connectivity index (χ2v) is 6.11. The van der Waals surface area contributed by atoms with Crippen molar-refractivity contribution in [3.8, 4) is 0 Å². The van der Waals surface area contributed by atoms with E-state index in [1.54, 1.807) is 24.3 Å². The van der Waals surface area contributed by atoms with E-state index < -0.39 is 17.9 Å². The average molecular weight is 361 g/mol. The third-order valence-corrected chi connectivity index (χ3v) is 3.98. The molecule has 25 heavy (non-hydrogen) atoms. The molecule has 0 saturated carbocycles. The molecular weight excluding hydrogens is 342 g/mol. The number of nitrogens with one attached hydrogen (secondary N) is 3. The molecule has 1 atom stereocenters. The molecule has 7 nitrogen and oxygen atoms in total. The van der Waals surface area contributed by atoms with E-state index in [0.29, 0.717) is 17.8 Å². The van der Waals surface area contributed by atoms with Crippen molar-refractivity contribution in [3.05, 3.63) is 46.7 Å². The van der Waals surface area contributed by atoms with Crippen LogP contribution in [0.15, 0.2) is 41.1 Å². The summed E-state index contributed by atoms with van der Waals surface area (Å²) in [5.74, 6) is -1.84. The number of anilines is 2. The van der Waals surface area contributed by atoms with Crippen LogP contribution in [0.25, 0.3) is 0 Å². The zero-order valence-electron chi connectivity index (χ0n) is 13.6. The highest BCUT2D eigenvalue weighted by molar-refractivity contribution is 7.07. The summed E-state index contributed by atoms with van der Waals surface area (Å²) >= 11 is 1.48. The van der Waals surface area contributed by atoms with Gasteiger partial charge in [-0.15, -0.1) is 0 Å². The second kappa shape index (κ2) is 8.95. The van der Waals surface area contributed by atoms with Gasteiger partial charge in [0.05, 0.1) is 6.10 Å². The molecule has 1 aromatic carbocycles. The van der Waals surface area contributed by atoms with Crippen LogP contribution in [0.4, 0.5) is 11.4 Å². The Morgan fingerprint density at radius 2 is 1.84 bits per heavy atom. The number of hydrogen-bond acceptors (Lipinski definition) is 5. The number of hydrogen-bond donors (Lipinski definition) is 4. The standard InChI is InChI=1S/C17H19N3O4S/c1-11(21)19-13-3-2-4-14(9-13)20-17(24)16(23)18-7-5-15(22)12-6-8-25-10-12/h2-4,6,8-10,15,22H,5,7H2,1H3,(H,18,23)(H,19,21)(H,20,24). The quantitative estimate of drug-likeness (QED) is 0.589.